The van der Waals surface area contributed by atoms with E-state index in [9.17, 15) is 4.79 Å². The molecule has 1 aromatic carbocycles. The number of rotatable bonds is 5. The van der Waals surface area contributed by atoms with Gasteiger partial charge in [-0.1, -0.05) is 25.5 Å². The van der Waals surface area contributed by atoms with E-state index in [0.29, 0.717) is 31.0 Å². The number of nitrogens with two attached hydrogens (primary N) is 1. The molecule has 1 aliphatic rings. The average Bonchev–Trinajstić information content (AvgIpc) is 2.36. The van der Waals surface area contributed by atoms with Crippen LogP contribution in [0.25, 0.3) is 0 Å². The third kappa shape index (κ3) is 2.89. The van der Waals surface area contributed by atoms with E-state index in [2.05, 4.69) is 6.92 Å². The molecule has 0 aromatic heterocycles. The first-order valence-corrected chi connectivity index (χ1v) is 6.89. The van der Waals surface area contributed by atoms with Gasteiger partial charge in [-0.15, -0.1) is 0 Å². The first kappa shape index (κ1) is 13.9. The second-order valence-electron chi connectivity index (χ2n) is 5.20. The largest absolute Gasteiger partial charge is 0.493 e. The van der Waals surface area contributed by atoms with Crippen LogP contribution in [-0.4, -0.2) is 36.0 Å². The van der Waals surface area contributed by atoms with Crippen molar-refractivity contribution in [2.45, 2.75) is 32.2 Å². The maximum absolute atomic E-state index is 12.4. The summed E-state index contributed by atoms with van der Waals surface area (Å²) in [5, 5.41) is 0. The molecule has 0 spiro atoms. The first-order valence-electron chi connectivity index (χ1n) is 6.89. The van der Waals surface area contributed by atoms with E-state index in [1.54, 1.807) is 4.90 Å². The number of hydrogen-bond acceptors (Lipinski definition) is 3. The van der Waals surface area contributed by atoms with Crippen molar-refractivity contribution in [3.05, 3.63) is 29.8 Å². The van der Waals surface area contributed by atoms with E-state index in [1.807, 2.05) is 31.2 Å². The third-order valence-corrected chi connectivity index (χ3v) is 3.46. The number of nitrogens with zero attached hydrogens (tertiary/aromatic N) is 1. The van der Waals surface area contributed by atoms with Crippen LogP contribution >= 0.6 is 0 Å². The summed E-state index contributed by atoms with van der Waals surface area (Å²) in [6.45, 7) is 5.86. The molecule has 0 radical (unpaired) electrons. The molecule has 4 nitrogen and oxygen atoms in total. The zero-order valence-electron chi connectivity index (χ0n) is 11.7. The minimum absolute atomic E-state index is 0.0150. The minimum Gasteiger partial charge on any atom is -0.493 e. The van der Waals surface area contributed by atoms with Crippen molar-refractivity contribution in [1.29, 1.82) is 0 Å². The Morgan fingerprint density at radius 2 is 2.05 bits per heavy atom. The summed E-state index contributed by atoms with van der Waals surface area (Å²) in [5.74, 6) is 0.668. The number of hydrogen-bond donors (Lipinski definition) is 1. The number of para-hydroxylation sites is 1. The van der Waals surface area contributed by atoms with E-state index < -0.39 is 0 Å². The van der Waals surface area contributed by atoms with Crippen LogP contribution in [0, 0.1) is 0 Å². The Bertz CT molecular complexity index is 453. The molecule has 2 rings (SSSR count). The van der Waals surface area contributed by atoms with Crippen molar-refractivity contribution >= 4 is 5.91 Å². The van der Waals surface area contributed by atoms with Gasteiger partial charge < -0.3 is 15.4 Å². The quantitative estimate of drug-likeness (QED) is 0.883. The Balaban J connectivity index is 2.06. The molecule has 1 saturated heterocycles. The molecule has 1 aliphatic heterocycles. The highest BCUT2D eigenvalue weighted by atomic mass is 16.5. The fourth-order valence-corrected chi connectivity index (χ4v) is 2.61. The molecule has 0 aliphatic carbocycles. The van der Waals surface area contributed by atoms with Crippen LogP contribution in [0.4, 0.5) is 0 Å². The molecule has 1 fully saturated rings. The van der Waals surface area contributed by atoms with Gasteiger partial charge in [0.15, 0.2) is 0 Å². The maximum atomic E-state index is 12.4. The second-order valence-corrected chi connectivity index (χ2v) is 5.20. The molecule has 0 bridgehead atoms. The number of carbonyl (C=O) groups excluding carboxylic acids is 1. The van der Waals surface area contributed by atoms with Gasteiger partial charge in [0.1, 0.15) is 5.75 Å². The van der Waals surface area contributed by atoms with Crippen molar-refractivity contribution in [3.63, 3.8) is 0 Å². The summed E-state index contributed by atoms with van der Waals surface area (Å²) in [7, 11) is 0. The lowest BCUT2D eigenvalue weighted by Crippen LogP contribution is -2.68. The predicted molar refractivity (Wildman–Crippen MR) is 75.3 cm³/mol. The van der Waals surface area contributed by atoms with E-state index in [4.69, 9.17) is 10.5 Å². The Morgan fingerprint density at radius 1 is 1.37 bits per heavy atom. The average molecular weight is 262 g/mol. The lowest BCUT2D eigenvalue weighted by atomic mass is 9.86. The van der Waals surface area contributed by atoms with Gasteiger partial charge in [-0.3, -0.25) is 4.79 Å². The highest BCUT2D eigenvalue weighted by Gasteiger charge is 2.41. The Kier molecular flexibility index (Phi) is 4.10. The van der Waals surface area contributed by atoms with Crippen LogP contribution in [0.5, 0.6) is 5.75 Å². The van der Waals surface area contributed by atoms with Gasteiger partial charge in [-0.25, -0.2) is 0 Å². The van der Waals surface area contributed by atoms with Gasteiger partial charge in [-0.2, -0.15) is 0 Å². The fourth-order valence-electron chi connectivity index (χ4n) is 2.61. The first-order chi connectivity index (χ1) is 9.09. The van der Waals surface area contributed by atoms with Gasteiger partial charge in [0.05, 0.1) is 17.7 Å². The molecule has 1 aromatic rings. The van der Waals surface area contributed by atoms with Crippen LogP contribution in [0.3, 0.4) is 0 Å². The molecular formula is C15H22N2O2. The van der Waals surface area contributed by atoms with Gasteiger partial charge in [-0.05, 0) is 25.5 Å². The van der Waals surface area contributed by atoms with E-state index >= 15 is 0 Å². The molecule has 0 atom stereocenters. The Hall–Kier alpha value is -1.55. The summed E-state index contributed by atoms with van der Waals surface area (Å²) >= 11 is 0. The van der Waals surface area contributed by atoms with Gasteiger partial charge in [0, 0.05) is 13.1 Å². The monoisotopic (exact) mass is 262 g/mol. The third-order valence-electron chi connectivity index (χ3n) is 3.46. The smallest absolute Gasteiger partial charge is 0.257 e. The van der Waals surface area contributed by atoms with Crippen molar-refractivity contribution in [1.82, 2.24) is 4.90 Å². The molecule has 1 heterocycles. The topological polar surface area (TPSA) is 55.6 Å². The molecule has 1 amide bonds. The lowest BCUT2D eigenvalue weighted by Gasteiger charge is -2.47. The molecule has 0 unspecified atom stereocenters. The number of likely N-dealkylation sites (tertiary alicyclic amines) is 1. The van der Waals surface area contributed by atoms with Crippen molar-refractivity contribution in [3.8, 4) is 5.75 Å². The normalized spacial score (nSPS) is 16.9. The van der Waals surface area contributed by atoms with Crippen molar-refractivity contribution in [2.24, 2.45) is 5.73 Å². The van der Waals surface area contributed by atoms with Gasteiger partial charge >= 0.3 is 0 Å². The fraction of sp³-hybridized carbons (Fsp3) is 0.533. The van der Waals surface area contributed by atoms with Crippen LogP contribution in [0.1, 0.15) is 37.0 Å². The molecule has 0 saturated carbocycles. The van der Waals surface area contributed by atoms with E-state index in [-0.39, 0.29) is 11.4 Å². The number of amides is 1. The number of benzene rings is 1. The summed E-state index contributed by atoms with van der Waals surface area (Å²) in [6, 6.07) is 7.38. The van der Waals surface area contributed by atoms with Crippen LogP contribution < -0.4 is 10.5 Å². The molecule has 2 N–H and O–H groups in total. The van der Waals surface area contributed by atoms with E-state index in [1.165, 1.54) is 0 Å². The summed E-state index contributed by atoms with van der Waals surface area (Å²) in [4.78, 5) is 14.2. The summed E-state index contributed by atoms with van der Waals surface area (Å²) in [6.07, 6.45) is 2.01. The number of ether oxygens (including phenoxy) is 1. The zero-order chi connectivity index (χ0) is 13.9. The molecule has 104 valence electrons. The molecule has 19 heavy (non-hydrogen) atoms. The standard InChI is InChI=1S/C15H22N2O2/c1-3-9-15(16)10-17(11-15)14(18)12-7-5-6-8-13(12)19-4-2/h5-8H,3-4,9-11,16H2,1-2H3. The SMILES string of the molecule is CCCC1(N)CN(C(=O)c2ccccc2OCC)C1. The van der Waals surface area contributed by atoms with Crippen LogP contribution in [-0.2, 0) is 0 Å². The van der Waals surface area contributed by atoms with Crippen molar-refractivity contribution in [2.75, 3.05) is 19.7 Å². The zero-order valence-corrected chi connectivity index (χ0v) is 11.7. The van der Waals surface area contributed by atoms with Gasteiger partial charge in [0.2, 0.25) is 0 Å². The Labute approximate surface area is 114 Å². The number of carbonyl (C=O) groups is 1. The van der Waals surface area contributed by atoms with Crippen molar-refractivity contribution < 1.29 is 9.53 Å². The van der Waals surface area contributed by atoms with Crippen LogP contribution in [0.2, 0.25) is 0 Å². The van der Waals surface area contributed by atoms with E-state index in [0.717, 1.165) is 12.8 Å². The minimum atomic E-state index is -0.190. The molecule has 4 heteroatoms. The lowest BCUT2D eigenvalue weighted by molar-refractivity contribution is 0.0383. The highest BCUT2D eigenvalue weighted by Crippen LogP contribution is 2.27. The summed E-state index contributed by atoms with van der Waals surface area (Å²) in [5.41, 5.74) is 6.63. The second kappa shape index (κ2) is 5.61. The van der Waals surface area contributed by atoms with Gasteiger partial charge in [0.25, 0.3) is 5.91 Å². The maximum Gasteiger partial charge on any atom is 0.257 e. The van der Waals surface area contributed by atoms with Crippen LogP contribution in [0.15, 0.2) is 24.3 Å². The Morgan fingerprint density at radius 3 is 2.68 bits per heavy atom. The molecular weight excluding hydrogens is 240 g/mol. The predicted octanol–water partition coefficient (Wildman–Crippen LogP) is 2.04. The highest BCUT2D eigenvalue weighted by molar-refractivity contribution is 5.97. The summed E-state index contributed by atoms with van der Waals surface area (Å²) < 4.78 is 5.50.